The topological polar surface area (TPSA) is 98.7 Å². The van der Waals surface area contributed by atoms with Crippen LogP contribution < -0.4 is 20.1 Å². The van der Waals surface area contributed by atoms with Crippen molar-refractivity contribution in [1.29, 1.82) is 0 Å². The lowest BCUT2D eigenvalue weighted by Gasteiger charge is -2.31. The molecule has 2 aromatic rings. The highest BCUT2D eigenvalue weighted by molar-refractivity contribution is 5.76. The third-order valence-electron chi connectivity index (χ3n) is 6.17. The number of aliphatic hydroxyl groups excluding tert-OH is 1. The van der Waals surface area contributed by atoms with Gasteiger partial charge in [-0.25, -0.2) is 4.99 Å². The molecule has 0 radical (unpaired) electrons. The number of hydrogen-bond acceptors (Lipinski definition) is 8. The number of amides is 1. The van der Waals surface area contributed by atoms with Gasteiger partial charge in [0.1, 0.15) is 28.8 Å². The first-order valence-electron chi connectivity index (χ1n) is 12.8. The zero-order valence-corrected chi connectivity index (χ0v) is 22.7. The number of aryl methyl sites for hydroxylation is 1. The van der Waals surface area contributed by atoms with Crippen molar-refractivity contribution in [2.75, 3.05) is 32.0 Å². The number of halogens is 4. The number of anilines is 1. The van der Waals surface area contributed by atoms with Crippen molar-refractivity contribution in [3.05, 3.63) is 71.3 Å². The minimum Gasteiger partial charge on any atom is -0.457 e. The fourth-order valence-corrected chi connectivity index (χ4v) is 4.23. The first-order valence-corrected chi connectivity index (χ1v) is 12.8. The van der Waals surface area contributed by atoms with Crippen molar-refractivity contribution in [1.82, 2.24) is 15.1 Å². The zero-order chi connectivity index (χ0) is 29.7. The Hall–Kier alpha value is -4.26. The van der Waals surface area contributed by atoms with Gasteiger partial charge in [0.15, 0.2) is 0 Å². The lowest BCUT2D eigenvalue weighted by molar-refractivity contribution is -0.253. The monoisotopic (exact) mass is 577 g/mol. The van der Waals surface area contributed by atoms with Gasteiger partial charge in [0.2, 0.25) is 5.91 Å². The van der Waals surface area contributed by atoms with E-state index in [0.717, 1.165) is 40.6 Å². The van der Waals surface area contributed by atoms with Gasteiger partial charge in [0.25, 0.3) is 0 Å². The van der Waals surface area contributed by atoms with Gasteiger partial charge in [-0.15, -0.1) is 0 Å². The van der Waals surface area contributed by atoms with Crippen molar-refractivity contribution in [2.24, 2.45) is 4.99 Å². The molecule has 1 amide bonds. The highest BCUT2D eigenvalue weighted by Crippen LogP contribution is 2.34. The molecule has 1 atom stereocenters. The predicted molar refractivity (Wildman–Crippen MR) is 145 cm³/mol. The molecule has 0 aliphatic carbocycles. The summed E-state index contributed by atoms with van der Waals surface area (Å²) < 4.78 is 61.5. The van der Waals surface area contributed by atoms with Crippen molar-refractivity contribution in [2.45, 2.75) is 38.9 Å². The number of aliphatic hydroxyl groups is 1. The van der Waals surface area contributed by atoms with Gasteiger partial charge < -0.3 is 35.0 Å². The third kappa shape index (κ3) is 7.48. The number of aliphatic imine (C=N–C) groups is 1. The summed E-state index contributed by atoms with van der Waals surface area (Å²) >= 11 is 0. The average Bonchev–Trinajstić information content (AvgIpc) is 3.30. The molecule has 41 heavy (non-hydrogen) atoms. The molecule has 0 spiro atoms. The Balaban J connectivity index is 1.46. The second-order valence-electron chi connectivity index (χ2n) is 9.64. The summed E-state index contributed by atoms with van der Waals surface area (Å²) in [7, 11) is 1.85. The number of fused-ring (bicyclic) bond motifs is 1. The second kappa shape index (κ2) is 12.5. The summed E-state index contributed by atoms with van der Waals surface area (Å²) in [6.45, 7) is 4.91. The Morgan fingerprint density at radius 3 is 2.66 bits per heavy atom. The summed E-state index contributed by atoms with van der Waals surface area (Å²) in [4.78, 5) is 20.3. The number of carbonyl (C=O) groups is 1. The summed E-state index contributed by atoms with van der Waals surface area (Å²) in [6.07, 6.45) is -5.56. The van der Waals surface area contributed by atoms with E-state index in [4.69, 9.17) is 4.74 Å². The van der Waals surface area contributed by atoms with E-state index in [0.29, 0.717) is 25.4 Å². The second-order valence-corrected chi connectivity index (χ2v) is 9.64. The van der Waals surface area contributed by atoms with Gasteiger partial charge in [-0.3, -0.25) is 4.79 Å². The molecule has 2 aliphatic rings. The van der Waals surface area contributed by atoms with E-state index in [9.17, 15) is 27.5 Å². The maximum atomic E-state index is 13.3. The Labute approximate surface area is 234 Å². The number of carbonyl (C=O) groups excluding carboxylic acids is 1. The minimum absolute atomic E-state index is 0.0406. The van der Waals surface area contributed by atoms with Crippen LogP contribution in [0.5, 0.6) is 17.2 Å². The number of benzene rings is 2. The van der Waals surface area contributed by atoms with Gasteiger partial charge in [0.05, 0.1) is 24.6 Å². The van der Waals surface area contributed by atoms with E-state index < -0.39 is 24.4 Å². The van der Waals surface area contributed by atoms with Crippen LogP contribution in [0.4, 0.5) is 23.2 Å². The highest BCUT2D eigenvalue weighted by Gasteiger charge is 2.44. The normalized spacial score (nSPS) is 15.6. The SMILES string of the molecule is Cc1cc(NC2=C3C(=CCN3CCNC(=O)CC(C)O)N=CN2C)ccc1Oc1cccc(OC(F)(F)C(F)F)c1. The molecule has 0 fully saturated rings. The Morgan fingerprint density at radius 1 is 1.20 bits per heavy atom. The number of rotatable bonds is 12. The third-order valence-corrected chi connectivity index (χ3v) is 6.17. The van der Waals surface area contributed by atoms with Crippen LogP contribution in [0.1, 0.15) is 18.9 Å². The van der Waals surface area contributed by atoms with Crippen LogP contribution in [0, 0.1) is 6.92 Å². The maximum absolute atomic E-state index is 13.3. The van der Waals surface area contributed by atoms with E-state index in [-0.39, 0.29) is 18.1 Å². The highest BCUT2D eigenvalue weighted by atomic mass is 19.3. The summed E-state index contributed by atoms with van der Waals surface area (Å²) in [6, 6.07) is 10.4. The maximum Gasteiger partial charge on any atom is 0.461 e. The van der Waals surface area contributed by atoms with Crippen molar-refractivity contribution >= 4 is 17.9 Å². The summed E-state index contributed by atoms with van der Waals surface area (Å²) in [5.74, 6) is 0.673. The molecule has 2 aliphatic heterocycles. The largest absolute Gasteiger partial charge is 0.461 e. The lowest BCUT2D eigenvalue weighted by Crippen LogP contribution is -2.37. The van der Waals surface area contributed by atoms with Gasteiger partial charge in [-0.05, 0) is 55.8 Å². The lowest BCUT2D eigenvalue weighted by atomic mass is 10.2. The van der Waals surface area contributed by atoms with E-state index >= 15 is 0 Å². The van der Waals surface area contributed by atoms with Gasteiger partial charge in [0, 0.05) is 38.4 Å². The van der Waals surface area contributed by atoms with Crippen LogP contribution in [-0.4, -0.2) is 72.5 Å². The average molecular weight is 578 g/mol. The van der Waals surface area contributed by atoms with Crippen molar-refractivity contribution in [3.63, 3.8) is 0 Å². The Bertz CT molecular complexity index is 1360. The predicted octanol–water partition coefficient (Wildman–Crippen LogP) is 4.67. The van der Waals surface area contributed by atoms with Crippen molar-refractivity contribution in [3.8, 4) is 17.2 Å². The molecule has 9 nitrogen and oxygen atoms in total. The van der Waals surface area contributed by atoms with Crippen LogP contribution in [0.15, 0.2) is 70.7 Å². The molecule has 13 heteroatoms. The Kier molecular flexibility index (Phi) is 9.06. The minimum atomic E-state index is -4.62. The molecule has 0 aromatic heterocycles. The van der Waals surface area contributed by atoms with E-state index in [1.807, 2.05) is 24.1 Å². The number of nitrogens with zero attached hydrogens (tertiary/aromatic N) is 3. The molecule has 0 saturated heterocycles. The van der Waals surface area contributed by atoms with Crippen LogP contribution in [0.25, 0.3) is 0 Å². The summed E-state index contributed by atoms with van der Waals surface area (Å²) in [5, 5.41) is 15.6. The van der Waals surface area contributed by atoms with Gasteiger partial charge in [-0.2, -0.15) is 17.6 Å². The standard InChI is InChI=1S/C28H31F4N5O4/c1-17-13-19(7-8-23(17)40-20-5-4-6-21(15-20)41-28(31,32)27(29)30)35-26-25-22(34-16-36(26)3)9-11-37(25)12-10-33-24(39)14-18(2)38/h4-9,13,15-16,18,27,35,38H,10-12,14H2,1-3H3,(H,33,39). The van der Waals surface area contributed by atoms with Gasteiger partial charge >= 0.3 is 12.5 Å². The fourth-order valence-electron chi connectivity index (χ4n) is 4.23. The zero-order valence-electron chi connectivity index (χ0n) is 22.7. The van der Waals surface area contributed by atoms with Crippen molar-refractivity contribution < 1.29 is 36.9 Å². The van der Waals surface area contributed by atoms with Crippen LogP contribution >= 0.6 is 0 Å². The molecule has 4 rings (SSSR count). The molecule has 0 bridgehead atoms. The molecule has 220 valence electrons. The van der Waals surface area contributed by atoms with Crippen LogP contribution in [0.3, 0.4) is 0 Å². The molecule has 1 unspecified atom stereocenters. The molecule has 0 saturated carbocycles. The van der Waals surface area contributed by atoms with E-state index in [2.05, 4.69) is 25.3 Å². The molecule has 2 heterocycles. The van der Waals surface area contributed by atoms with Crippen LogP contribution in [0.2, 0.25) is 0 Å². The summed E-state index contributed by atoms with van der Waals surface area (Å²) in [5.41, 5.74) is 3.13. The number of ether oxygens (including phenoxy) is 2. The molecular weight excluding hydrogens is 546 g/mol. The van der Waals surface area contributed by atoms with E-state index in [1.54, 1.807) is 32.3 Å². The van der Waals surface area contributed by atoms with Crippen LogP contribution in [-0.2, 0) is 4.79 Å². The Morgan fingerprint density at radius 2 is 1.95 bits per heavy atom. The number of nitrogens with one attached hydrogen (secondary N) is 2. The number of hydrogen-bond donors (Lipinski definition) is 3. The smallest absolute Gasteiger partial charge is 0.457 e. The quantitative estimate of drug-likeness (QED) is 0.316. The molecular formula is C28H31F4N5O4. The number of alkyl halides is 4. The first-order chi connectivity index (χ1) is 19.4. The van der Waals surface area contributed by atoms with Gasteiger partial charge in [-0.1, -0.05) is 6.07 Å². The first kappa shape index (κ1) is 29.7. The molecule has 2 aromatic carbocycles. The van der Waals surface area contributed by atoms with E-state index in [1.165, 1.54) is 12.1 Å². The molecule has 3 N–H and O–H groups in total. The fraction of sp³-hybridized carbons (Fsp3) is 0.357.